The number of likely N-dealkylation sites (N-methyl/N-ethyl adjacent to an activating group) is 1. The second kappa shape index (κ2) is 13.2. The Morgan fingerprint density at radius 1 is 0.935 bits per heavy atom. The number of rotatable bonds is 8. The van der Waals surface area contributed by atoms with Gasteiger partial charge in [0, 0.05) is 93.9 Å². The molecule has 7 rings (SSSR count). The Kier molecular flexibility index (Phi) is 8.74. The molecule has 2 aromatic heterocycles. The average molecular weight is 628 g/mol. The fourth-order valence-electron chi connectivity index (χ4n) is 6.90. The largest absolute Gasteiger partial charge is 0.494 e. The van der Waals surface area contributed by atoms with Crippen molar-refractivity contribution in [3.05, 3.63) is 72.6 Å². The monoisotopic (exact) mass is 627 g/mol. The summed E-state index contributed by atoms with van der Waals surface area (Å²) in [6, 6.07) is 13.2. The summed E-state index contributed by atoms with van der Waals surface area (Å²) in [5.74, 6) is 1.69. The van der Waals surface area contributed by atoms with Crippen molar-refractivity contribution in [2.24, 2.45) is 7.05 Å². The molecule has 0 saturated carbocycles. The molecule has 242 valence electrons. The van der Waals surface area contributed by atoms with Gasteiger partial charge in [-0.2, -0.15) is 5.10 Å². The number of halogens is 1. The number of nitrogens with one attached hydrogen (secondary N) is 1. The molecule has 3 aliphatic rings. The molecule has 1 unspecified atom stereocenters. The Labute approximate surface area is 269 Å². The number of aryl methyl sites for hydroxylation is 1. The van der Waals surface area contributed by atoms with Crippen LogP contribution in [0.2, 0.25) is 0 Å². The molecule has 12 heteroatoms. The minimum atomic E-state index is -0.261. The van der Waals surface area contributed by atoms with Gasteiger partial charge in [0.15, 0.2) is 5.82 Å². The van der Waals surface area contributed by atoms with E-state index in [0.717, 1.165) is 92.3 Å². The number of hydroxylamine groups is 1. The van der Waals surface area contributed by atoms with E-state index in [-0.39, 0.29) is 11.9 Å². The number of nitrogens with zero attached hydrogens (tertiary/aromatic N) is 8. The van der Waals surface area contributed by atoms with Crippen LogP contribution in [0.15, 0.2) is 61.2 Å². The molecule has 3 saturated heterocycles. The Hall–Kier alpha value is -4.26. The van der Waals surface area contributed by atoms with Crippen molar-refractivity contribution in [3.8, 4) is 16.9 Å². The third-order valence-corrected chi connectivity index (χ3v) is 9.49. The van der Waals surface area contributed by atoms with E-state index in [4.69, 9.17) is 9.57 Å². The number of aromatic nitrogens is 4. The lowest BCUT2D eigenvalue weighted by atomic mass is 9.98. The van der Waals surface area contributed by atoms with Crippen LogP contribution in [0.3, 0.4) is 0 Å². The number of methoxy groups -OCH3 is 1. The first-order valence-electron chi connectivity index (χ1n) is 16.1. The summed E-state index contributed by atoms with van der Waals surface area (Å²) in [5, 5.41) is 9.75. The van der Waals surface area contributed by atoms with Crippen molar-refractivity contribution >= 4 is 23.0 Å². The third kappa shape index (κ3) is 6.37. The maximum atomic E-state index is 13.6. The summed E-state index contributed by atoms with van der Waals surface area (Å²) < 4.78 is 21.4. The van der Waals surface area contributed by atoms with Crippen LogP contribution < -0.4 is 20.0 Å². The van der Waals surface area contributed by atoms with Crippen molar-refractivity contribution in [1.29, 1.82) is 0 Å². The minimum absolute atomic E-state index is 0.0743. The molecule has 1 N–H and O–H groups in total. The van der Waals surface area contributed by atoms with E-state index in [1.165, 1.54) is 18.5 Å². The number of anilines is 4. The molecule has 11 nitrogen and oxygen atoms in total. The van der Waals surface area contributed by atoms with Crippen molar-refractivity contribution in [1.82, 2.24) is 29.5 Å². The number of benzene rings is 2. The highest BCUT2D eigenvalue weighted by molar-refractivity contribution is 5.85. The van der Waals surface area contributed by atoms with E-state index < -0.39 is 0 Å². The van der Waals surface area contributed by atoms with Crippen LogP contribution in [0.25, 0.3) is 11.1 Å². The first-order valence-corrected chi connectivity index (χ1v) is 16.1. The molecule has 1 atom stereocenters. The topological polar surface area (TPSA) is 87.1 Å². The number of ether oxygens (including phenoxy) is 1. The van der Waals surface area contributed by atoms with Crippen molar-refractivity contribution < 1.29 is 14.0 Å². The summed E-state index contributed by atoms with van der Waals surface area (Å²) >= 11 is 0. The molecule has 0 aliphatic carbocycles. The van der Waals surface area contributed by atoms with Crippen molar-refractivity contribution in [2.45, 2.75) is 31.3 Å². The highest BCUT2D eigenvalue weighted by Gasteiger charge is 2.30. The summed E-state index contributed by atoms with van der Waals surface area (Å²) in [7, 11) is 5.85. The first-order chi connectivity index (χ1) is 22.4. The van der Waals surface area contributed by atoms with E-state index in [1.807, 2.05) is 24.0 Å². The molecule has 0 amide bonds. The van der Waals surface area contributed by atoms with E-state index in [2.05, 4.69) is 60.5 Å². The SMILES string of the molecule is COc1cc(N2CCC(N3CCN(C)CC3)CC2)c(-c2cnn(C)c2)cc1Nc1cc(N2OCCC2c2ccc(F)cc2)ncn1. The van der Waals surface area contributed by atoms with Crippen LogP contribution in [0.1, 0.15) is 30.9 Å². The van der Waals surface area contributed by atoms with Crippen LogP contribution in [-0.4, -0.2) is 95.6 Å². The molecule has 0 radical (unpaired) electrons. The molecular formula is C34H42FN9O2. The lowest BCUT2D eigenvalue weighted by Gasteiger charge is -2.43. The summed E-state index contributed by atoms with van der Waals surface area (Å²) in [5.41, 5.74) is 5.03. The third-order valence-electron chi connectivity index (χ3n) is 9.49. The maximum absolute atomic E-state index is 13.6. The van der Waals surface area contributed by atoms with Gasteiger partial charge in [0.05, 0.1) is 31.6 Å². The number of piperazine rings is 1. The first kappa shape index (κ1) is 30.4. The van der Waals surface area contributed by atoms with Crippen LogP contribution >= 0.6 is 0 Å². The highest BCUT2D eigenvalue weighted by Crippen LogP contribution is 2.42. The molecule has 46 heavy (non-hydrogen) atoms. The van der Waals surface area contributed by atoms with Gasteiger partial charge in [0.25, 0.3) is 0 Å². The van der Waals surface area contributed by atoms with Crippen molar-refractivity contribution in [2.75, 3.05) is 75.3 Å². The average Bonchev–Trinajstić information content (AvgIpc) is 3.75. The van der Waals surface area contributed by atoms with E-state index in [0.29, 0.717) is 24.3 Å². The Balaban J connectivity index is 1.14. The molecule has 4 aromatic rings. The predicted octanol–water partition coefficient (Wildman–Crippen LogP) is 4.87. The quantitative estimate of drug-likeness (QED) is 0.292. The predicted molar refractivity (Wildman–Crippen MR) is 177 cm³/mol. The zero-order chi connectivity index (χ0) is 31.6. The zero-order valence-electron chi connectivity index (χ0n) is 26.8. The van der Waals surface area contributed by atoms with Gasteiger partial charge < -0.3 is 19.9 Å². The number of hydrogen-bond acceptors (Lipinski definition) is 10. The van der Waals surface area contributed by atoms with E-state index in [1.54, 1.807) is 24.3 Å². The van der Waals surface area contributed by atoms with Crippen molar-refractivity contribution in [3.63, 3.8) is 0 Å². The van der Waals surface area contributed by atoms with Gasteiger partial charge in [-0.05, 0) is 43.7 Å². The lowest BCUT2D eigenvalue weighted by Crippen LogP contribution is -2.52. The molecule has 0 bridgehead atoms. The standard InChI is InChI=1S/C34H42FN9O2/c1-40-13-15-42(16-14-40)27-8-11-43(12-9-27)31-19-32(45-3)29(18-28(31)25-21-38-41(2)22-25)39-33-20-34(37-23-36-33)44-30(10-17-46-44)24-4-6-26(35)7-5-24/h4-7,18-23,27,30H,8-17H2,1-3H3,(H,36,37,39). The van der Waals surface area contributed by atoms with Gasteiger partial charge in [0.1, 0.15) is 23.7 Å². The van der Waals surface area contributed by atoms with Crippen LogP contribution in [0, 0.1) is 5.82 Å². The van der Waals surface area contributed by atoms with E-state index >= 15 is 0 Å². The molecule has 5 heterocycles. The highest BCUT2D eigenvalue weighted by atomic mass is 19.1. The van der Waals surface area contributed by atoms with Crippen LogP contribution in [0.4, 0.5) is 27.4 Å². The van der Waals surface area contributed by atoms with Gasteiger partial charge in [-0.15, -0.1) is 0 Å². The number of piperidine rings is 1. The minimum Gasteiger partial charge on any atom is -0.494 e. The maximum Gasteiger partial charge on any atom is 0.158 e. The van der Waals surface area contributed by atoms with E-state index in [9.17, 15) is 4.39 Å². The van der Waals surface area contributed by atoms with Gasteiger partial charge in [-0.3, -0.25) is 14.4 Å². The van der Waals surface area contributed by atoms with Crippen LogP contribution in [0.5, 0.6) is 5.75 Å². The summed E-state index contributed by atoms with van der Waals surface area (Å²) in [6.07, 6.45) is 8.53. The summed E-state index contributed by atoms with van der Waals surface area (Å²) in [4.78, 5) is 22.6. The lowest BCUT2D eigenvalue weighted by molar-refractivity contribution is 0.0982. The molecule has 3 aliphatic heterocycles. The fourth-order valence-corrected chi connectivity index (χ4v) is 6.90. The molecular weight excluding hydrogens is 585 g/mol. The Bertz CT molecular complexity index is 1630. The molecule has 2 aromatic carbocycles. The normalized spacial score (nSPS) is 20.0. The van der Waals surface area contributed by atoms with Gasteiger partial charge in [0.2, 0.25) is 0 Å². The molecule has 3 fully saturated rings. The number of hydrogen-bond donors (Lipinski definition) is 1. The van der Waals surface area contributed by atoms with Crippen LogP contribution in [-0.2, 0) is 11.9 Å². The second-order valence-corrected chi connectivity index (χ2v) is 12.4. The second-order valence-electron chi connectivity index (χ2n) is 12.4. The fraction of sp³-hybridized carbons (Fsp3) is 0.441. The van der Waals surface area contributed by atoms with Gasteiger partial charge >= 0.3 is 0 Å². The Morgan fingerprint density at radius 3 is 2.43 bits per heavy atom. The van der Waals surface area contributed by atoms with Gasteiger partial charge in [-0.25, -0.2) is 19.4 Å². The molecule has 0 spiro atoms. The summed E-state index contributed by atoms with van der Waals surface area (Å²) in [6.45, 7) is 7.11. The van der Waals surface area contributed by atoms with Gasteiger partial charge in [-0.1, -0.05) is 12.1 Å². The zero-order valence-corrected chi connectivity index (χ0v) is 26.8. The Morgan fingerprint density at radius 2 is 1.72 bits per heavy atom. The smallest absolute Gasteiger partial charge is 0.158 e.